The monoisotopic (exact) mass is 468 g/mol. The Morgan fingerprint density at radius 3 is 2.35 bits per heavy atom. The standard InChI is InChI=1S/C31H48O3/c1-19(16-21-17-20(2)26(32)34-21)22-10-12-29(6)24-9-8-23-27(3,4)25(33-7)11-13-30(23)18-31(24,30)15-14-28(22,29)5/h17,19,21-25H,8-16,18H2,1-7H3/t19-,21+,22-,23+,24+,25-,28-,29+,30-,31+/m1/s1. The van der Waals surface area contributed by atoms with E-state index in [0.29, 0.717) is 39.1 Å². The highest BCUT2D eigenvalue weighted by atomic mass is 16.5. The molecule has 6 rings (SSSR count). The van der Waals surface area contributed by atoms with Crippen LogP contribution in [0.15, 0.2) is 11.6 Å². The van der Waals surface area contributed by atoms with Gasteiger partial charge in [0, 0.05) is 12.7 Å². The van der Waals surface area contributed by atoms with Gasteiger partial charge in [-0.2, -0.15) is 0 Å². The molecule has 0 N–H and O–H groups in total. The summed E-state index contributed by atoms with van der Waals surface area (Å²) in [5, 5.41) is 0. The van der Waals surface area contributed by atoms with E-state index < -0.39 is 0 Å². The molecule has 2 spiro atoms. The van der Waals surface area contributed by atoms with Crippen molar-refractivity contribution in [2.45, 2.75) is 118 Å². The number of methoxy groups -OCH3 is 1. The number of ether oxygens (including phenoxy) is 2. The summed E-state index contributed by atoms with van der Waals surface area (Å²) in [5.74, 6) is 2.97. The highest BCUT2D eigenvalue weighted by molar-refractivity contribution is 5.90. The summed E-state index contributed by atoms with van der Waals surface area (Å²) in [4.78, 5) is 11.9. The molecule has 0 aromatic rings. The molecule has 5 fully saturated rings. The fourth-order valence-corrected chi connectivity index (χ4v) is 12.0. The molecule has 0 bridgehead atoms. The minimum Gasteiger partial charge on any atom is -0.455 e. The number of hydrogen-bond acceptors (Lipinski definition) is 3. The van der Waals surface area contributed by atoms with Gasteiger partial charge < -0.3 is 9.47 Å². The van der Waals surface area contributed by atoms with Crippen LogP contribution in [0, 0.1) is 50.7 Å². The predicted molar refractivity (Wildman–Crippen MR) is 135 cm³/mol. The van der Waals surface area contributed by atoms with Crippen molar-refractivity contribution in [1.82, 2.24) is 0 Å². The van der Waals surface area contributed by atoms with Gasteiger partial charge in [-0.15, -0.1) is 0 Å². The van der Waals surface area contributed by atoms with Crippen molar-refractivity contribution in [3.05, 3.63) is 11.6 Å². The molecule has 190 valence electrons. The quantitative estimate of drug-likeness (QED) is 0.405. The maximum absolute atomic E-state index is 11.9. The van der Waals surface area contributed by atoms with Crippen LogP contribution in [0.2, 0.25) is 0 Å². The SMILES string of the molecule is CO[C@@H]1CC[C@]23C[C@]24CC[C@]2(C)[C@@H]([C@H](C)C[C@H]5C=C(C)C(=O)O5)CC[C@@]2(C)[C@@H]4CC[C@H]3C1(C)C. The average Bonchev–Trinajstić information content (AvgIpc) is 3.21. The fourth-order valence-electron chi connectivity index (χ4n) is 12.0. The molecule has 0 aromatic heterocycles. The Labute approximate surface area is 207 Å². The van der Waals surface area contributed by atoms with Gasteiger partial charge in [-0.3, -0.25) is 0 Å². The third-order valence-electron chi connectivity index (χ3n) is 13.7. The zero-order valence-corrected chi connectivity index (χ0v) is 22.8. The van der Waals surface area contributed by atoms with Crippen LogP contribution < -0.4 is 0 Å². The number of fused-ring (bicyclic) bond motifs is 2. The van der Waals surface area contributed by atoms with Crippen LogP contribution in [0.1, 0.15) is 106 Å². The minimum absolute atomic E-state index is 0.00627. The fraction of sp³-hybridized carbons (Fsp3) is 0.903. The largest absolute Gasteiger partial charge is 0.455 e. The van der Waals surface area contributed by atoms with Gasteiger partial charge in [0.1, 0.15) is 6.10 Å². The lowest BCUT2D eigenvalue weighted by Crippen LogP contribution is -2.57. The molecule has 5 saturated carbocycles. The second-order valence-corrected chi connectivity index (χ2v) is 14.7. The van der Waals surface area contributed by atoms with Crippen molar-refractivity contribution >= 4 is 5.97 Å². The molecule has 1 heterocycles. The number of rotatable bonds is 4. The van der Waals surface area contributed by atoms with E-state index in [0.717, 1.165) is 29.7 Å². The first kappa shape index (κ1) is 23.6. The van der Waals surface area contributed by atoms with Crippen LogP contribution in [0.4, 0.5) is 0 Å². The zero-order valence-electron chi connectivity index (χ0n) is 22.8. The van der Waals surface area contributed by atoms with Gasteiger partial charge in [0.15, 0.2) is 0 Å². The average molecular weight is 469 g/mol. The Morgan fingerprint density at radius 1 is 0.971 bits per heavy atom. The van der Waals surface area contributed by atoms with Gasteiger partial charge in [0.2, 0.25) is 0 Å². The molecule has 0 radical (unpaired) electrons. The molecule has 5 aliphatic carbocycles. The number of esters is 1. The van der Waals surface area contributed by atoms with E-state index >= 15 is 0 Å². The topological polar surface area (TPSA) is 35.5 Å². The Kier molecular flexibility index (Phi) is 4.95. The van der Waals surface area contributed by atoms with Crippen molar-refractivity contribution in [1.29, 1.82) is 0 Å². The normalized spacial score (nSPS) is 53.7. The summed E-state index contributed by atoms with van der Waals surface area (Å²) >= 11 is 0. The van der Waals surface area contributed by atoms with Gasteiger partial charge in [0.05, 0.1) is 6.10 Å². The molecular formula is C31H48O3. The van der Waals surface area contributed by atoms with E-state index in [1.54, 1.807) is 0 Å². The van der Waals surface area contributed by atoms with Gasteiger partial charge in [-0.05, 0) is 128 Å². The molecule has 0 unspecified atom stereocenters. The smallest absolute Gasteiger partial charge is 0.334 e. The molecule has 34 heavy (non-hydrogen) atoms. The highest BCUT2D eigenvalue weighted by Crippen LogP contribution is 2.89. The van der Waals surface area contributed by atoms with E-state index in [1.807, 2.05) is 14.0 Å². The predicted octanol–water partition coefficient (Wildman–Crippen LogP) is 7.34. The third kappa shape index (κ3) is 2.67. The number of carbonyl (C=O) groups excluding carboxylic acids is 1. The first-order valence-electron chi connectivity index (χ1n) is 14.4. The van der Waals surface area contributed by atoms with Crippen molar-refractivity contribution in [2.24, 2.45) is 50.7 Å². The molecule has 6 aliphatic rings. The van der Waals surface area contributed by atoms with Gasteiger partial charge in [0.25, 0.3) is 0 Å². The first-order valence-corrected chi connectivity index (χ1v) is 14.4. The lowest BCUT2D eigenvalue weighted by Gasteiger charge is -2.63. The summed E-state index contributed by atoms with van der Waals surface area (Å²) in [5.41, 5.74) is 3.18. The lowest BCUT2D eigenvalue weighted by molar-refractivity contribution is -0.167. The van der Waals surface area contributed by atoms with Crippen molar-refractivity contribution in [3.63, 3.8) is 0 Å². The summed E-state index contributed by atoms with van der Waals surface area (Å²) in [6, 6.07) is 0. The van der Waals surface area contributed by atoms with Crippen LogP contribution in [-0.4, -0.2) is 25.3 Å². The first-order chi connectivity index (χ1) is 15.9. The molecule has 10 atom stereocenters. The van der Waals surface area contributed by atoms with Gasteiger partial charge in [-0.1, -0.05) is 34.6 Å². The van der Waals surface area contributed by atoms with Crippen molar-refractivity contribution in [3.8, 4) is 0 Å². The summed E-state index contributed by atoms with van der Waals surface area (Å²) in [7, 11) is 1.94. The Morgan fingerprint density at radius 2 is 1.68 bits per heavy atom. The van der Waals surface area contributed by atoms with Gasteiger partial charge >= 0.3 is 5.97 Å². The van der Waals surface area contributed by atoms with E-state index in [9.17, 15) is 4.79 Å². The Balaban J connectivity index is 1.25. The van der Waals surface area contributed by atoms with E-state index in [1.165, 1.54) is 57.8 Å². The number of carbonyl (C=O) groups is 1. The second kappa shape index (κ2) is 7.14. The van der Waals surface area contributed by atoms with E-state index in [2.05, 4.69) is 40.7 Å². The maximum atomic E-state index is 11.9. The third-order valence-corrected chi connectivity index (χ3v) is 13.7. The van der Waals surface area contributed by atoms with Crippen LogP contribution >= 0.6 is 0 Å². The molecular weight excluding hydrogens is 420 g/mol. The molecule has 0 aromatic carbocycles. The summed E-state index contributed by atoms with van der Waals surface area (Å²) in [6.07, 6.45) is 16.1. The molecule has 1 aliphatic heterocycles. The molecule has 0 amide bonds. The second-order valence-electron chi connectivity index (χ2n) is 14.7. The minimum atomic E-state index is -0.110. The summed E-state index contributed by atoms with van der Waals surface area (Å²) < 4.78 is 11.7. The lowest BCUT2D eigenvalue weighted by atomic mass is 9.41. The Bertz CT molecular complexity index is 920. The van der Waals surface area contributed by atoms with Crippen molar-refractivity contribution < 1.29 is 14.3 Å². The van der Waals surface area contributed by atoms with Gasteiger partial charge in [-0.25, -0.2) is 4.79 Å². The van der Waals surface area contributed by atoms with E-state index in [4.69, 9.17) is 9.47 Å². The molecule has 0 saturated heterocycles. The number of hydrogen-bond donors (Lipinski definition) is 0. The van der Waals surface area contributed by atoms with Crippen LogP contribution in [0.25, 0.3) is 0 Å². The molecule has 3 nitrogen and oxygen atoms in total. The zero-order chi connectivity index (χ0) is 24.3. The summed E-state index contributed by atoms with van der Waals surface area (Å²) in [6.45, 7) is 14.8. The molecule has 3 heteroatoms. The van der Waals surface area contributed by atoms with Crippen LogP contribution in [0.3, 0.4) is 0 Å². The van der Waals surface area contributed by atoms with Crippen LogP contribution in [-0.2, 0) is 14.3 Å². The Hall–Kier alpha value is -0.830. The number of cyclic esters (lactones) is 1. The van der Waals surface area contributed by atoms with E-state index in [-0.39, 0.29) is 12.1 Å². The van der Waals surface area contributed by atoms with Crippen LogP contribution in [0.5, 0.6) is 0 Å². The van der Waals surface area contributed by atoms with Crippen molar-refractivity contribution in [2.75, 3.05) is 7.11 Å². The highest BCUT2D eigenvalue weighted by Gasteiger charge is 2.82. The maximum Gasteiger partial charge on any atom is 0.334 e.